The summed E-state index contributed by atoms with van der Waals surface area (Å²) in [7, 11) is 3.37. The van der Waals surface area contributed by atoms with E-state index in [1.807, 2.05) is 6.07 Å². The molecule has 1 aromatic carbocycles. The van der Waals surface area contributed by atoms with E-state index in [-0.39, 0.29) is 0 Å². The highest BCUT2D eigenvalue weighted by Gasteiger charge is 2.31. The Balaban J connectivity index is 1.77. The number of benzene rings is 1. The molecule has 5 nitrogen and oxygen atoms in total. The van der Waals surface area contributed by atoms with Gasteiger partial charge in [-0.1, -0.05) is 0 Å². The molecule has 1 aliphatic heterocycles. The third-order valence-corrected chi connectivity index (χ3v) is 5.07. The van der Waals surface area contributed by atoms with Crippen LogP contribution >= 0.6 is 0 Å². The Bertz CT molecular complexity index is 700. The summed E-state index contributed by atoms with van der Waals surface area (Å²) in [5.74, 6) is 4.11. The number of ether oxygens (including phenoxy) is 2. The highest BCUT2D eigenvalue weighted by Crippen LogP contribution is 2.42. The van der Waals surface area contributed by atoms with E-state index in [2.05, 4.69) is 16.0 Å². The quantitative estimate of drug-likeness (QED) is 0.921. The molecule has 0 bridgehead atoms. The van der Waals surface area contributed by atoms with Crippen molar-refractivity contribution in [3.8, 4) is 11.5 Å². The average molecular weight is 315 g/mol. The predicted octanol–water partition coefficient (Wildman–Crippen LogP) is 2.93. The summed E-state index contributed by atoms with van der Waals surface area (Å²) >= 11 is 0. The zero-order chi connectivity index (χ0) is 15.8. The van der Waals surface area contributed by atoms with Crippen LogP contribution in [0.15, 0.2) is 12.1 Å². The number of piperidine rings is 1. The standard InChI is InChI=1S/C18H25N3O2/c1-22-16-8-14-15(9-17(16)23-2)21(18(20-14)13-5-6-13)11-12-4-3-7-19-10-12/h8-9,12-13,19H,3-7,10-11H2,1-2H3. The molecular formula is C18H25N3O2. The normalized spacial score (nSPS) is 21.6. The second kappa shape index (κ2) is 6.04. The van der Waals surface area contributed by atoms with Gasteiger partial charge in [-0.3, -0.25) is 0 Å². The van der Waals surface area contributed by atoms with Crippen LogP contribution in [-0.4, -0.2) is 36.9 Å². The number of hydrogen-bond acceptors (Lipinski definition) is 4. The van der Waals surface area contributed by atoms with Crippen LogP contribution in [0, 0.1) is 5.92 Å². The van der Waals surface area contributed by atoms with Gasteiger partial charge in [0.1, 0.15) is 5.82 Å². The third kappa shape index (κ3) is 2.78. The molecule has 5 heteroatoms. The molecule has 0 spiro atoms. The number of aromatic nitrogens is 2. The van der Waals surface area contributed by atoms with Crippen molar-refractivity contribution in [2.24, 2.45) is 5.92 Å². The monoisotopic (exact) mass is 315 g/mol. The first kappa shape index (κ1) is 14.8. The number of nitrogens with zero attached hydrogens (tertiary/aromatic N) is 2. The van der Waals surface area contributed by atoms with Crippen molar-refractivity contribution in [3.05, 3.63) is 18.0 Å². The van der Waals surface area contributed by atoms with Crippen LogP contribution in [0.3, 0.4) is 0 Å². The van der Waals surface area contributed by atoms with E-state index in [4.69, 9.17) is 14.5 Å². The molecule has 1 unspecified atom stereocenters. The van der Waals surface area contributed by atoms with Crippen molar-refractivity contribution < 1.29 is 9.47 Å². The molecular weight excluding hydrogens is 290 g/mol. The van der Waals surface area contributed by atoms with Gasteiger partial charge in [-0.2, -0.15) is 0 Å². The van der Waals surface area contributed by atoms with Crippen LogP contribution in [0.4, 0.5) is 0 Å². The van der Waals surface area contributed by atoms with Crippen LogP contribution in [0.5, 0.6) is 11.5 Å². The summed E-state index contributed by atoms with van der Waals surface area (Å²) in [5.41, 5.74) is 2.20. The molecule has 2 aliphatic rings. The molecule has 0 amide bonds. The van der Waals surface area contributed by atoms with Crippen LogP contribution in [0.1, 0.15) is 37.4 Å². The molecule has 1 aromatic heterocycles. The SMILES string of the molecule is COc1cc2nc(C3CC3)n(CC3CCCNC3)c2cc1OC. The third-order valence-electron chi connectivity index (χ3n) is 5.07. The second-order valence-corrected chi connectivity index (χ2v) is 6.76. The average Bonchev–Trinajstić information content (AvgIpc) is 3.38. The van der Waals surface area contributed by atoms with Gasteiger partial charge in [0.05, 0.1) is 25.3 Å². The molecule has 2 heterocycles. The second-order valence-electron chi connectivity index (χ2n) is 6.76. The first-order chi connectivity index (χ1) is 11.3. The van der Waals surface area contributed by atoms with Gasteiger partial charge in [0.2, 0.25) is 0 Å². The Kier molecular flexibility index (Phi) is 3.89. The molecule has 1 saturated heterocycles. The van der Waals surface area contributed by atoms with Gasteiger partial charge in [-0.25, -0.2) is 4.98 Å². The first-order valence-corrected chi connectivity index (χ1v) is 8.63. The maximum Gasteiger partial charge on any atom is 0.163 e. The van der Waals surface area contributed by atoms with Gasteiger partial charge in [0, 0.05) is 24.6 Å². The lowest BCUT2D eigenvalue weighted by molar-refractivity contribution is 0.336. The topological polar surface area (TPSA) is 48.3 Å². The number of nitrogens with one attached hydrogen (secondary N) is 1. The summed E-state index contributed by atoms with van der Waals surface area (Å²) in [6, 6.07) is 4.10. The van der Waals surface area contributed by atoms with Gasteiger partial charge in [0.15, 0.2) is 11.5 Å². The Morgan fingerprint density at radius 2 is 1.96 bits per heavy atom. The molecule has 2 aromatic rings. The number of imidazole rings is 1. The van der Waals surface area contributed by atoms with Gasteiger partial charge in [-0.05, 0) is 44.7 Å². The minimum Gasteiger partial charge on any atom is -0.493 e. The van der Waals surface area contributed by atoms with E-state index < -0.39 is 0 Å². The van der Waals surface area contributed by atoms with E-state index in [9.17, 15) is 0 Å². The molecule has 1 saturated carbocycles. The fourth-order valence-corrected chi connectivity index (χ4v) is 3.65. The zero-order valence-electron chi connectivity index (χ0n) is 14.0. The number of fused-ring (bicyclic) bond motifs is 1. The van der Waals surface area contributed by atoms with E-state index in [1.54, 1.807) is 14.2 Å². The van der Waals surface area contributed by atoms with Crippen molar-refractivity contribution in [2.75, 3.05) is 27.3 Å². The molecule has 1 aliphatic carbocycles. The summed E-state index contributed by atoms with van der Waals surface area (Å²) < 4.78 is 13.4. The predicted molar refractivity (Wildman–Crippen MR) is 90.4 cm³/mol. The Morgan fingerprint density at radius 1 is 1.17 bits per heavy atom. The highest BCUT2D eigenvalue weighted by atomic mass is 16.5. The van der Waals surface area contributed by atoms with E-state index in [1.165, 1.54) is 37.0 Å². The molecule has 2 fully saturated rings. The van der Waals surface area contributed by atoms with Gasteiger partial charge >= 0.3 is 0 Å². The van der Waals surface area contributed by atoms with E-state index >= 15 is 0 Å². The lowest BCUT2D eigenvalue weighted by atomic mass is 9.99. The van der Waals surface area contributed by atoms with Crippen LogP contribution < -0.4 is 14.8 Å². The number of methoxy groups -OCH3 is 2. The number of hydrogen-bond donors (Lipinski definition) is 1. The largest absolute Gasteiger partial charge is 0.493 e. The Labute approximate surface area is 137 Å². The van der Waals surface area contributed by atoms with E-state index in [0.717, 1.165) is 36.6 Å². The summed E-state index contributed by atoms with van der Waals surface area (Å²) in [6.45, 7) is 3.31. The minimum atomic E-state index is 0.635. The van der Waals surface area contributed by atoms with Crippen LogP contribution in [-0.2, 0) is 6.54 Å². The molecule has 1 atom stereocenters. The lowest BCUT2D eigenvalue weighted by Gasteiger charge is -2.24. The Morgan fingerprint density at radius 3 is 2.61 bits per heavy atom. The molecule has 1 N–H and O–H groups in total. The summed E-state index contributed by atoms with van der Waals surface area (Å²) in [4.78, 5) is 4.93. The molecule has 0 radical (unpaired) electrons. The van der Waals surface area contributed by atoms with Crippen molar-refractivity contribution in [2.45, 2.75) is 38.1 Å². The lowest BCUT2D eigenvalue weighted by Crippen LogP contribution is -2.32. The van der Waals surface area contributed by atoms with E-state index in [0.29, 0.717) is 11.8 Å². The maximum atomic E-state index is 5.50. The van der Waals surface area contributed by atoms with Crippen molar-refractivity contribution in [1.29, 1.82) is 0 Å². The molecule has 124 valence electrons. The van der Waals surface area contributed by atoms with Gasteiger partial charge in [-0.15, -0.1) is 0 Å². The van der Waals surface area contributed by atoms with Gasteiger partial charge < -0.3 is 19.4 Å². The number of rotatable bonds is 5. The van der Waals surface area contributed by atoms with Crippen LogP contribution in [0.2, 0.25) is 0 Å². The fourth-order valence-electron chi connectivity index (χ4n) is 3.65. The van der Waals surface area contributed by atoms with Gasteiger partial charge in [0.25, 0.3) is 0 Å². The summed E-state index contributed by atoms with van der Waals surface area (Å²) in [5, 5.41) is 3.52. The molecule has 4 rings (SSSR count). The van der Waals surface area contributed by atoms with Crippen molar-refractivity contribution in [3.63, 3.8) is 0 Å². The van der Waals surface area contributed by atoms with Crippen molar-refractivity contribution in [1.82, 2.24) is 14.9 Å². The molecule has 23 heavy (non-hydrogen) atoms. The fraction of sp³-hybridized carbons (Fsp3) is 0.611. The Hall–Kier alpha value is -1.75. The van der Waals surface area contributed by atoms with Crippen LogP contribution in [0.25, 0.3) is 11.0 Å². The highest BCUT2D eigenvalue weighted by molar-refractivity contribution is 5.81. The smallest absolute Gasteiger partial charge is 0.163 e. The first-order valence-electron chi connectivity index (χ1n) is 8.63. The minimum absolute atomic E-state index is 0.635. The summed E-state index contributed by atoms with van der Waals surface area (Å²) in [6.07, 6.45) is 5.10. The van der Waals surface area contributed by atoms with Crippen molar-refractivity contribution >= 4 is 11.0 Å². The zero-order valence-corrected chi connectivity index (χ0v) is 14.0. The maximum absolute atomic E-state index is 5.50.